The number of carbonyl (C=O) groups excluding carboxylic acids is 1. The molecule has 2 unspecified atom stereocenters. The molecule has 1 N–H and O–H groups in total. The number of fused-ring (bicyclic) bond motifs is 1. The van der Waals surface area contributed by atoms with Gasteiger partial charge in [-0.1, -0.05) is 35.9 Å². The number of ether oxygens (including phenoxy) is 1. The molecule has 31 heavy (non-hydrogen) atoms. The first-order chi connectivity index (χ1) is 14.4. The third-order valence-corrected chi connectivity index (χ3v) is 7.11. The number of hydrogen-bond donors (Lipinski definition) is 1. The monoisotopic (exact) mass is 488 g/mol. The van der Waals surface area contributed by atoms with Gasteiger partial charge in [0.05, 0.1) is 0 Å². The molecule has 4 nitrogen and oxygen atoms in total. The zero-order valence-corrected chi connectivity index (χ0v) is 18.6. The molecule has 0 fully saturated rings. The van der Waals surface area contributed by atoms with E-state index in [-0.39, 0.29) is 12.2 Å². The Morgan fingerprint density at radius 2 is 2.03 bits per heavy atom. The number of hydrogen-bond acceptors (Lipinski definition) is 4. The quantitative estimate of drug-likeness (QED) is 0.361. The number of benzene rings is 2. The topological polar surface area (TPSA) is 63.6 Å². The average molecular weight is 489 g/mol. The Morgan fingerprint density at radius 1 is 1.29 bits per heavy atom. The normalized spacial score (nSPS) is 15.2. The maximum absolute atomic E-state index is 12.9. The van der Waals surface area contributed by atoms with E-state index in [1.165, 1.54) is 35.6 Å². The third-order valence-electron chi connectivity index (χ3n) is 4.37. The molecule has 0 saturated heterocycles. The predicted molar refractivity (Wildman–Crippen MR) is 117 cm³/mol. The van der Waals surface area contributed by atoms with E-state index in [2.05, 4.69) is 4.74 Å². The summed E-state index contributed by atoms with van der Waals surface area (Å²) < 4.78 is 54.3. The van der Waals surface area contributed by atoms with Gasteiger partial charge in [-0.2, -0.15) is 0 Å². The summed E-state index contributed by atoms with van der Waals surface area (Å²) in [5.74, 6) is -0.860. The van der Waals surface area contributed by atoms with Gasteiger partial charge in [-0.3, -0.25) is 9.36 Å². The van der Waals surface area contributed by atoms with Crippen molar-refractivity contribution < 1.29 is 32.2 Å². The van der Waals surface area contributed by atoms with Gasteiger partial charge in [-0.15, -0.1) is 24.5 Å². The van der Waals surface area contributed by atoms with Crippen LogP contribution in [0.2, 0.25) is 5.02 Å². The van der Waals surface area contributed by atoms with E-state index in [0.717, 1.165) is 17.4 Å². The fraction of sp³-hybridized carbons (Fsp3) is 0.190. The van der Waals surface area contributed by atoms with Crippen molar-refractivity contribution >= 4 is 52.3 Å². The van der Waals surface area contributed by atoms with Gasteiger partial charge < -0.3 is 9.63 Å². The van der Waals surface area contributed by atoms with Crippen LogP contribution in [-0.4, -0.2) is 23.7 Å². The van der Waals surface area contributed by atoms with Crippen molar-refractivity contribution in [3.63, 3.8) is 0 Å². The van der Waals surface area contributed by atoms with E-state index in [1.54, 1.807) is 29.6 Å². The van der Waals surface area contributed by atoms with Crippen molar-refractivity contribution in [3.8, 4) is 5.75 Å². The van der Waals surface area contributed by atoms with Crippen molar-refractivity contribution in [3.05, 3.63) is 70.1 Å². The van der Waals surface area contributed by atoms with E-state index < -0.39 is 25.2 Å². The van der Waals surface area contributed by atoms with Crippen LogP contribution >= 0.6 is 30.3 Å². The summed E-state index contributed by atoms with van der Waals surface area (Å²) in [5, 5.41) is 2.77. The van der Waals surface area contributed by atoms with Gasteiger partial charge in [-0.05, 0) is 52.2 Å². The highest BCUT2D eigenvalue weighted by molar-refractivity contribution is 7.58. The second kappa shape index (κ2) is 9.17. The van der Waals surface area contributed by atoms with Crippen LogP contribution in [0.25, 0.3) is 16.2 Å². The number of Topliss-reactive ketones (excluding diaryl/α,β-unsaturated/α-hetero) is 1. The van der Waals surface area contributed by atoms with Crippen LogP contribution in [-0.2, 0) is 9.36 Å². The molecule has 164 valence electrons. The van der Waals surface area contributed by atoms with Crippen molar-refractivity contribution in [1.29, 1.82) is 0 Å². The Morgan fingerprint density at radius 3 is 2.71 bits per heavy atom. The molecular formula is C21H17ClF3O4PS. The van der Waals surface area contributed by atoms with Crippen LogP contribution in [0.3, 0.4) is 0 Å². The smallest absolute Gasteiger partial charge is 0.406 e. The van der Waals surface area contributed by atoms with Crippen LogP contribution in [0, 0.1) is 0 Å². The molecular weight excluding hydrogens is 472 g/mol. The first-order valence-corrected chi connectivity index (χ1v) is 12.4. The van der Waals surface area contributed by atoms with Crippen LogP contribution in [0.4, 0.5) is 13.2 Å². The number of alkyl halides is 3. The van der Waals surface area contributed by atoms with E-state index in [0.29, 0.717) is 21.5 Å². The van der Waals surface area contributed by atoms with Gasteiger partial charge in [-0.25, -0.2) is 0 Å². The summed E-state index contributed by atoms with van der Waals surface area (Å²) in [6, 6.07) is 10.4. The number of rotatable bonds is 7. The Kier molecular flexibility index (Phi) is 6.96. The largest absolute Gasteiger partial charge is 0.573 e. The molecule has 0 bridgehead atoms. The van der Waals surface area contributed by atoms with Crippen LogP contribution in [0.1, 0.15) is 23.2 Å². The first kappa shape index (κ1) is 23.5. The zero-order chi connectivity index (χ0) is 22.8. The lowest BCUT2D eigenvalue weighted by Gasteiger charge is -2.18. The summed E-state index contributed by atoms with van der Waals surface area (Å²) in [5.41, 5.74) is -0.401. The van der Waals surface area contributed by atoms with Gasteiger partial charge in [0.1, 0.15) is 11.4 Å². The highest BCUT2D eigenvalue weighted by Crippen LogP contribution is 2.55. The molecule has 0 aliphatic heterocycles. The maximum atomic E-state index is 12.9. The second-order valence-corrected chi connectivity index (χ2v) is 10.6. The molecule has 1 aromatic heterocycles. The standard InChI is InChI=1S/C21H17ClF3O4PS/c1-30(27,28)20(17-12-31-19-9-8-14(22)11-16(17)19)18(26)7-3-5-13-4-2-6-15(10-13)29-21(23,24)25/h2-6,8-12,20H,7H2,1H3,(H,27,28)/b5-3+. The highest BCUT2D eigenvalue weighted by atomic mass is 35.5. The number of halogens is 4. The van der Waals surface area contributed by atoms with Gasteiger partial charge >= 0.3 is 6.36 Å². The summed E-state index contributed by atoms with van der Waals surface area (Å²) in [6.45, 7) is 1.13. The second-order valence-electron chi connectivity index (χ2n) is 6.87. The molecule has 0 aliphatic rings. The minimum Gasteiger partial charge on any atom is -0.406 e. The van der Waals surface area contributed by atoms with Crippen LogP contribution < -0.4 is 4.74 Å². The molecule has 0 saturated carbocycles. The molecule has 0 amide bonds. The molecule has 3 aromatic rings. The van der Waals surface area contributed by atoms with Crippen LogP contribution in [0.5, 0.6) is 5.75 Å². The number of thiophene rings is 1. The minimum absolute atomic E-state index is 0.175. The zero-order valence-electron chi connectivity index (χ0n) is 16.1. The van der Waals surface area contributed by atoms with Gasteiger partial charge in [0.25, 0.3) is 0 Å². The first-order valence-electron chi connectivity index (χ1n) is 8.96. The molecule has 0 spiro atoms. The van der Waals surface area contributed by atoms with E-state index in [4.69, 9.17) is 11.6 Å². The number of allylic oxidation sites excluding steroid dienone is 1. The Balaban J connectivity index is 1.82. The molecule has 3 rings (SSSR count). The number of ketones is 1. The summed E-state index contributed by atoms with van der Waals surface area (Å²) >= 11 is 7.39. The Hall–Kier alpha value is -2.12. The minimum atomic E-state index is -4.80. The van der Waals surface area contributed by atoms with E-state index in [1.807, 2.05) is 0 Å². The molecule has 0 radical (unpaired) electrons. The summed E-state index contributed by atoms with van der Waals surface area (Å²) in [7, 11) is -3.85. The predicted octanol–water partition coefficient (Wildman–Crippen LogP) is 7.07. The highest BCUT2D eigenvalue weighted by Gasteiger charge is 2.35. The van der Waals surface area contributed by atoms with Gasteiger partial charge in [0.2, 0.25) is 7.37 Å². The van der Waals surface area contributed by atoms with Gasteiger partial charge in [0, 0.05) is 22.8 Å². The molecule has 10 heteroatoms. The molecule has 2 aromatic carbocycles. The molecule has 1 heterocycles. The fourth-order valence-corrected chi connectivity index (χ4v) is 5.78. The Bertz CT molecular complexity index is 1180. The average Bonchev–Trinajstić information content (AvgIpc) is 3.02. The van der Waals surface area contributed by atoms with Crippen molar-refractivity contribution in [2.24, 2.45) is 0 Å². The van der Waals surface area contributed by atoms with Crippen LogP contribution in [0.15, 0.2) is 53.9 Å². The maximum Gasteiger partial charge on any atom is 0.573 e. The van der Waals surface area contributed by atoms with E-state index in [9.17, 15) is 27.4 Å². The van der Waals surface area contributed by atoms with Crippen molar-refractivity contribution in [2.45, 2.75) is 18.4 Å². The lowest BCUT2D eigenvalue weighted by atomic mass is 10.0. The lowest BCUT2D eigenvalue weighted by molar-refractivity contribution is -0.274. The number of carbonyl (C=O) groups is 1. The molecule has 0 aliphatic carbocycles. The summed E-state index contributed by atoms with van der Waals surface area (Å²) in [6.07, 6.45) is -2.08. The Labute approximate surface area is 185 Å². The third kappa shape index (κ3) is 6.20. The lowest BCUT2D eigenvalue weighted by Crippen LogP contribution is -2.17. The van der Waals surface area contributed by atoms with Crippen molar-refractivity contribution in [1.82, 2.24) is 0 Å². The fourth-order valence-electron chi connectivity index (χ4n) is 3.17. The SMILES string of the molecule is CP(=O)(O)C(C(=O)C/C=C/c1cccc(OC(F)(F)F)c1)c1csc2ccc(Cl)cc12. The van der Waals surface area contributed by atoms with E-state index >= 15 is 0 Å². The van der Waals surface area contributed by atoms with Gasteiger partial charge in [0.15, 0.2) is 5.78 Å². The summed E-state index contributed by atoms with van der Waals surface area (Å²) in [4.78, 5) is 23.1. The van der Waals surface area contributed by atoms with Crippen molar-refractivity contribution in [2.75, 3.05) is 6.66 Å². The molecule has 2 atom stereocenters.